The minimum Gasteiger partial charge on any atom is -0.504 e. The maximum absolute atomic E-state index is 9.26. The maximum atomic E-state index is 9.26. The quantitative estimate of drug-likeness (QED) is 0.469. The van der Waals surface area contributed by atoms with Crippen LogP contribution in [-0.4, -0.2) is 15.3 Å². The van der Waals surface area contributed by atoms with Crippen LogP contribution in [0.4, 0.5) is 0 Å². The third-order valence-corrected chi connectivity index (χ3v) is 1.65. The minimum atomic E-state index is -0.523. The molecule has 0 bridgehead atoms. The molecule has 66 valence electrons. The van der Waals surface area contributed by atoms with E-state index in [1.165, 1.54) is 12.1 Å². The highest BCUT2D eigenvalue weighted by Crippen LogP contribution is 2.38. The molecule has 1 unspecified atom stereocenters. The Kier molecular flexibility index (Phi) is 2.10. The lowest BCUT2D eigenvalue weighted by atomic mass is 10.1. The third-order valence-electron chi connectivity index (χ3n) is 1.65. The van der Waals surface area contributed by atoms with Crippen molar-refractivity contribution in [3.63, 3.8) is 0 Å². The van der Waals surface area contributed by atoms with Gasteiger partial charge in [-0.1, -0.05) is 0 Å². The standard InChI is InChI=1S/C8H11NO3/c1-4(9)5-2-3-6(10)8(12)7(5)11/h2-4,10-12H,9H2,1H3. The van der Waals surface area contributed by atoms with Crippen LogP contribution in [0.15, 0.2) is 12.1 Å². The normalized spacial score (nSPS) is 12.8. The van der Waals surface area contributed by atoms with E-state index in [0.717, 1.165) is 0 Å². The van der Waals surface area contributed by atoms with Gasteiger partial charge in [-0.25, -0.2) is 0 Å². The molecule has 0 saturated carbocycles. The van der Waals surface area contributed by atoms with Crippen LogP contribution >= 0.6 is 0 Å². The van der Waals surface area contributed by atoms with E-state index in [2.05, 4.69) is 0 Å². The molecule has 1 aromatic carbocycles. The summed E-state index contributed by atoms with van der Waals surface area (Å²) in [5.74, 6) is -1.23. The van der Waals surface area contributed by atoms with E-state index in [9.17, 15) is 5.11 Å². The fourth-order valence-corrected chi connectivity index (χ4v) is 0.952. The lowest BCUT2D eigenvalue weighted by Crippen LogP contribution is -2.04. The van der Waals surface area contributed by atoms with Crippen LogP contribution in [-0.2, 0) is 0 Å². The Bertz CT molecular complexity index is 297. The molecule has 0 saturated heterocycles. The highest BCUT2D eigenvalue weighted by atomic mass is 16.3. The summed E-state index contributed by atoms with van der Waals surface area (Å²) in [6.45, 7) is 1.67. The number of phenolic OH excluding ortho intramolecular Hbond substituents is 3. The van der Waals surface area contributed by atoms with Crippen LogP contribution in [0.3, 0.4) is 0 Å². The first kappa shape index (κ1) is 8.67. The Morgan fingerprint density at radius 2 is 1.75 bits per heavy atom. The Hall–Kier alpha value is -1.42. The molecule has 4 heteroatoms. The fraction of sp³-hybridized carbons (Fsp3) is 0.250. The zero-order chi connectivity index (χ0) is 9.30. The second-order valence-corrected chi connectivity index (χ2v) is 2.66. The summed E-state index contributed by atoms with van der Waals surface area (Å²) < 4.78 is 0. The van der Waals surface area contributed by atoms with Crippen LogP contribution in [0.2, 0.25) is 0 Å². The molecule has 0 aromatic heterocycles. The first-order valence-corrected chi connectivity index (χ1v) is 3.53. The van der Waals surface area contributed by atoms with Crippen molar-refractivity contribution in [2.75, 3.05) is 0 Å². The molecule has 1 rings (SSSR count). The number of nitrogens with two attached hydrogens (primary N) is 1. The molecule has 0 aliphatic carbocycles. The molecule has 1 aromatic rings. The van der Waals surface area contributed by atoms with Gasteiger partial charge in [-0.05, 0) is 19.1 Å². The number of rotatable bonds is 1. The van der Waals surface area contributed by atoms with Gasteiger partial charge in [-0.3, -0.25) is 0 Å². The molecule has 0 aliphatic rings. The summed E-state index contributed by atoms with van der Waals surface area (Å²) in [6.07, 6.45) is 0. The molecule has 0 amide bonds. The smallest absolute Gasteiger partial charge is 0.200 e. The Morgan fingerprint density at radius 3 is 2.25 bits per heavy atom. The van der Waals surface area contributed by atoms with Gasteiger partial charge in [0.2, 0.25) is 5.75 Å². The van der Waals surface area contributed by atoms with Crippen molar-refractivity contribution in [1.29, 1.82) is 0 Å². The maximum Gasteiger partial charge on any atom is 0.200 e. The van der Waals surface area contributed by atoms with Crippen molar-refractivity contribution in [1.82, 2.24) is 0 Å². The summed E-state index contributed by atoms with van der Waals surface area (Å²) in [5.41, 5.74) is 5.89. The summed E-state index contributed by atoms with van der Waals surface area (Å²) in [5, 5.41) is 27.3. The number of phenols is 3. The minimum absolute atomic E-state index is 0.350. The van der Waals surface area contributed by atoms with E-state index >= 15 is 0 Å². The topological polar surface area (TPSA) is 86.7 Å². The molecular weight excluding hydrogens is 158 g/mol. The van der Waals surface area contributed by atoms with Crippen molar-refractivity contribution < 1.29 is 15.3 Å². The fourth-order valence-electron chi connectivity index (χ4n) is 0.952. The van der Waals surface area contributed by atoms with Crippen molar-refractivity contribution >= 4 is 0 Å². The molecule has 0 radical (unpaired) electrons. The van der Waals surface area contributed by atoms with Crippen molar-refractivity contribution in [2.45, 2.75) is 13.0 Å². The van der Waals surface area contributed by atoms with E-state index in [1.54, 1.807) is 6.92 Å². The van der Waals surface area contributed by atoms with Gasteiger partial charge in [0.15, 0.2) is 11.5 Å². The highest BCUT2D eigenvalue weighted by molar-refractivity contribution is 5.53. The highest BCUT2D eigenvalue weighted by Gasteiger charge is 2.12. The Morgan fingerprint density at radius 1 is 1.17 bits per heavy atom. The second kappa shape index (κ2) is 2.91. The number of hydrogen-bond acceptors (Lipinski definition) is 4. The van der Waals surface area contributed by atoms with Crippen LogP contribution in [0.5, 0.6) is 17.2 Å². The lowest BCUT2D eigenvalue weighted by molar-refractivity contribution is 0.363. The molecule has 0 spiro atoms. The molecule has 4 nitrogen and oxygen atoms in total. The molecule has 5 N–H and O–H groups in total. The average Bonchev–Trinajstić information content (AvgIpc) is 2.00. The van der Waals surface area contributed by atoms with Crippen molar-refractivity contribution in [3.8, 4) is 17.2 Å². The SMILES string of the molecule is CC(N)c1ccc(O)c(O)c1O. The van der Waals surface area contributed by atoms with Gasteiger partial charge in [-0.15, -0.1) is 0 Å². The van der Waals surface area contributed by atoms with Gasteiger partial charge < -0.3 is 21.1 Å². The predicted octanol–water partition coefficient (Wildman–Crippen LogP) is 0.823. The van der Waals surface area contributed by atoms with Gasteiger partial charge in [0.25, 0.3) is 0 Å². The summed E-state index contributed by atoms with van der Waals surface area (Å²) in [7, 11) is 0. The average molecular weight is 169 g/mol. The van der Waals surface area contributed by atoms with Crippen LogP contribution < -0.4 is 5.73 Å². The van der Waals surface area contributed by atoms with Gasteiger partial charge in [0.05, 0.1) is 0 Å². The van der Waals surface area contributed by atoms with Crippen molar-refractivity contribution in [3.05, 3.63) is 17.7 Å². The molecule has 0 heterocycles. The monoisotopic (exact) mass is 169 g/mol. The van der Waals surface area contributed by atoms with Crippen LogP contribution in [0, 0.1) is 0 Å². The van der Waals surface area contributed by atoms with Crippen molar-refractivity contribution in [2.24, 2.45) is 5.73 Å². The lowest BCUT2D eigenvalue weighted by Gasteiger charge is -2.09. The zero-order valence-electron chi connectivity index (χ0n) is 6.65. The third kappa shape index (κ3) is 1.29. The summed E-state index contributed by atoms with van der Waals surface area (Å²) in [4.78, 5) is 0. The largest absolute Gasteiger partial charge is 0.504 e. The van der Waals surface area contributed by atoms with E-state index in [4.69, 9.17) is 15.9 Å². The van der Waals surface area contributed by atoms with Gasteiger partial charge in [0, 0.05) is 11.6 Å². The number of aromatic hydroxyl groups is 3. The van der Waals surface area contributed by atoms with Gasteiger partial charge >= 0.3 is 0 Å². The molecule has 1 atom stereocenters. The number of hydrogen-bond donors (Lipinski definition) is 4. The summed E-state index contributed by atoms with van der Waals surface area (Å²) in [6, 6.07) is 2.37. The predicted molar refractivity (Wildman–Crippen MR) is 44.0 cm³/mol. The Labute approximate surface area is 69.9 Å². The Balaban J connectivity index is 3.27. The van der Waals surface area contributed by atoms with Crippen LogP contribution in [0.1, 0.15) is 18.5 Å². The second-order valence-electron chi connectivity index (χ2n) is 2.66. The van der Waals surface area contributed by atoms with Crippen LogP contribution in [0.25, 0.3) is 0 Å². The molecule has 0 aliphatic heterocycles. The van der Waals surface area contributed by atoms with Gasteiger partial charge in [0.1, 0.15) is 0 Å². The zero-order valence-corrected chi connectivity index (χ0v) is 6.65. The van der Waals surface area contributed by atoms with E-state index in [0.29, 0.717) is 5.56 Å². The van der Waals surface area contributed by atoms with Gasteiger partial charge in [-0.2, -0.15) is 0 Å². The molecule has 12 heavy (non-hydrogen) atoms. The number of benzene rings is 1. The van der Waals surface area contributed by atoms with E-state index < -0.39 is 5.75 Å². The molecule has 0 fully saturated rings. The molecular formula is C8H11NO3. The first-order chi connectivity index (χ1) is 5.54. The first-order valence-electron chi connectivity index (χ1n) is 3.53. The van der Waals surface area contributed by atoms with E-state index in [1.807, 2.05) is 0 Å². The van der Waals surface area contributed by atoms with E-state index in [-0.39, 0.29) is 17.5 Å². The summed E-state index contributed by atoms with van der Waals surface area (Å²) >= 11 is 0.